The van der Waals surface area contributed by atoms with Gasteiger partial charge in [-0.05, 0) is 65.6 Å². The van der Waals surface area contributed by atoms with Crippen molar-refractivity contribution in [3.8, 4) is 11.3 Å². The monoisotopic (exact) mass is 784 g/mol. The van der Waals surface area contributed by atoms with Crippen LogP contribution < -0.4 is 0 Å². The van der Waals surface area contributed by atoms with Gasteiger partial charge in [0.25, 0.3) is 0 Å². The molecule has 5 heteroatoms. The van der Waals surface area contributed by atoms with Gasteiger partial charge in [-0.1, -0.05) is 110 Å². The Bertz CT molecular complexity index is 1580. The fourth-order valence-corrected chi connectivity index (χ4v) is 6.56. The number of rotatable bonds is 4. The molecule has 45 heavy (non-hydrogen) atoms. The summed E-state index contributed by atoms with van der Waals surface area (Å²) < 4.78 is 0. The number of carbonyl (C=O) groups excluding carboxylic acids is 1. The van der Waals surface area contributed by atoms with Gasteiger partial charge >= 0.3 is 0 Å². The Hall–Kier alpha value is -2.88. The van der Waals surface area contributed by atoms with E-state index in [9.17, 15) is 9.90 Å². The van der Waals surface area contributed by atoms with E-state index in [0.717, 1.165) is 72.5 Å². The molecule has 0 atom stereocenters. The van der Waals surface area contributed by atoms with E-state index in [2.05, 4.69) is 99.2 Å². The fourth-order valence-electron chi connectivity index (χ4n) is 6.56. The van der Waals surface area contributed by atoms with E-state index in [1.807, 2.05) is 6.07 Å². The first-order chi connectivity index (χ1) is 20.6. The molecule has 2 fully saturated rings. The molecule has 2 aliphatic rings. The van der Waals surface area contributed by atoms with Crippen LogP contribution in [0.4, 0.5) is 0 Å². The van der Waals surface area contributed by atoms with Crippen molar-refractivity contribution in [3.05, 3.63) is 84.4 Å². The van der Waals surface area contributed by atoms with Crippen molar-refractivity contribution in [3.63, 3.8) is 0 Å². The quantitative estimate of drug-likeness (QED) is 0.127. The number of allylic oxidation sites excluding steroid dienone is 2. The number of carbonyl (C=O) groups is 1. The molecular formula is C40H51IrN2O2-. The molecule has 0 saturated heterocycles. The summed E-state index contributed by atoms with van der Waals surface area (Å²) in [5.41, 5.74) is 4.33. The molecule has 1 aromatic heterocycles. The van der Waals surface area contributed by atoms with Gasteiger partial charge in [0.15, 0.2) is 5.78 Å². The van der Waals surface area contributed by atoms with Crippen molar-refractivity contribution >= 4 is 27.5 Å². The van der Waals surface area contributed by atoms with Crippen LogP contribution in [0.5, 0.6) is 0 Å². The molecule has 243 valence electrons. The van der Waals surface area contributed by atoms with Crippen molar-refractivity contribution < 1.29 is 30.0 Å². The summed E-state index contributed by atoms with van der Waals surface area (Å²) in [6.07, 6.45) is 12.0. The van der Waals surface area contributed by atoms with E-state index >= 15 is 0 Å². The molecule has 0 bridgehead atoms. The van der Waals surface area contributed by atoms with Crippen molar-refractivity contribution in [1.82, 2.24) is 9.97 Å². The molecule has 1 heterocycles. The van der Waals surface area contributed by atoms with Gasteiger partial charge in [-0.3, -0.25) is 9.78 Å². The van der Waals surface area contributed by atoms with E-state index in [1.54, 1.807) is 12.4 Å². The predicted molar refractivity (Wildman–Crippen MR) is 185 cm³/mol. The number of nitrogens with zero attached hydrogens (tertiary/aromatic N) is 2. The van der Waals surface area contributed by atoms with Gasteiger partial charge in [-0.15, -0.1) is 29.1 Å². The van der Waals surface area contributed by atoms with Crippen LogP contribution >= 0.6 is 0 Å². The minimum absolute atomic E-state index is 0. The van der Waals surface area contributed by atoms with Crippen molar-refractivity contribution in [2.24, 2.45) is 23.7 Å². The Morgan fingerprint density at radius 3 is 2.11 bits per heavy atom. The SMILES string of the molecule is C.CC(C)(C)c1ccc2c(-c3[c-]ccc4ccccc34)ncnc2c1.CC1CCC(C(=O)C=C(O)C2CCC(C)CC2)CC1.[Ir]. The number of fused-ring (bicyclic) bond motifs is 2. The summed E-state index contributed by atoms with van der Waals surface area (Å²) in [7, 11) is 0. The first-order valence-corrected chi connectivity index (χ1v) is 16.2. The van der Waals surface area contributed by atoms with Crippen molar-refractivity contribution in [2.75, 3.05) is 0 Å². The first-order valence-electron chi connectivity index (χ1n) is 16.2. The summed E-state index contributed by atoms with van der Waals surface area (Å²) >= 11 is 0. The number of aromatic nitrogens is 2. The molecule has 0 amide bonds. The maximum Gasteiger partial charge on any atom is 0.162 e. The summed E-state index contributed by atoms with van der Waals surface area (Å²) in [6, 6.07) is 22.3. The number of hydrogen-bond acceptors (Lipinski definition) is 4. The molecule has 3 aromatic carbocycles. The summed E-state index contributed by atoms with van der Waals surface area (Å²) in [5, 5.41) is 13.6. The largest absolute Gasteiger partial charge is 0.512 e. The number of aliphatic hydroxyl groups is 1. The van der Waals surface area contributed by atoms with E-state index in [-0.39, 0.29) is 50.6 Å². The maximum atomic E-state index is 12.2. The summed E-state index contributed by atoms with van der Waals surface area (Å²) in [4.78, 5) is 21.3. The Morgan fingerprint density at radius 2 is 1.47 bits per heavy atom. The van der Waals surface area contributed by atoms with Crippen LogP contribution in [0.3, 0.4) is 0 Å². The van der Waals surface area contributed by atoms with Gasteiger partial charge in [0.1, 0.15) is 6.33 Å². The van der Waals surface area contributed by atoms with E-state index < -0.39 is 0 Å². The predicted octanol–water partition coefficient (Wildman–Crippen LogP) is 10.8. The Labute approximate surface area is 284 Å². The van der Waals surface area contributed by atoms with Crippen LogP contribution in [0, 0.1) is 29.7 Å². The number of benzene rings is 3. The third-order valence-corrected chi connectivity index (χ3v) is 9.60. The van der Waals surface area contributed by atoms with Gasteiger partial charge in [-0.25, -0.2) is 4.98 Å². The molecule has 4 aromatic rings. The van der Waals surface area contributed by atoms with Gasteiger partial charge in [0.05, 0.1) is 11.3 Å². The van der Waals surface area contributed by atoms with Crippen LogP contribution in [-0.2, 0) is 30.3 Å². The Morgan fingerprint density at radius 1 is 0.844 bits per heavy atom. The fraction of sp³-hybridized carbons (Fsp3) is 0.475. The number of ketones is 1. The average Bonchev–Trinajstić information content (AvgIpc) is 3.00. The van der Waals surface area contributed by atoms with Gasteiger partial charge < -0.3 is 5.11 Å². The third-order valence-electron chi connectivity index (χ3n) is 9.60. The molecule has 4 nitrogen and oxygen atoms in total. The molecule has 2 saturated carbocycles. The van der Waals surface area contributed by atoms with Crippen LogP contribution in [0.25, 0.3) is 32.9 Å². The molecule has 6 rings (SSSR count). The molecule has 2 aliphatic carbocycles. The first kappa shape index (κ1) is 36.6. The van der Waals surface area contributed by atoms with Gasteiger partial charge in [0.2, 0.25) is 0 Å². The normalized spacial score (nSPS) is 22.0. The minimum atomic E-state index is 0. The van der Waals surface area contributed by atoms with Crippen LogP contribution in [-0.4, -0.2) is 20.9 Å². The van der Waals surface area contributed by atoms with Crippen molar-refractivity contribution in [2.45, 2.75) is 98.8 Å². The topological polar surface area (TPSA) is 63.1 Å². The van der Waals surface area contributed by atoms with Crippen LogP contribution in [0.2, 0.25) is 0 Å². The van der Waals surface area contributed by atoms with E-state index in [1.165, 1.54) is 29.2 Å². The second-order valence-corrected chi connectivity index (χ2v) is 14.0. The third kappa shape index (κ3) is 9.11. The molecular weight excluding hydrogens is 733 g/mol. The van der Waals surface area contributed by atoms with Crippen molar-refractivity contribution in [1.29, 1.82) is 0 Å². The smallest absolute Gasteiger partial charge is 0.162 e. The standard InChI is InChI=1S/C22H19N2.C17H28O2.CH4.Ir/c1-22(2,3)16-11-12-19-20(13-16)23-14-24-21(19)18-10-6-8-15-7-4-5-9-17(15)18;1-12-3-7-14(8-4-12)16(18)11-17(19)15-9-5-13(2)6-10-15;;/h4-9,11-14H,1-3H3;11-15,18H,3-10H2,1-2H3;1H4;/q-1;;;. The second kappa shape index (κ2) is 16.1. The maximum absolute atomic E-state index is 12.2. The Balaban J connectivity index is 0.000000241. The summed E-state index contributed by atoms with van der Waals surface area (Å²) in [5.74, 6) is 2.48. The van der Waals surface area contributed by atoms with Gasteiger partial charge in [0, 0.05) is 38.0 Å². The molecule has 0 aliphatic heterocycles. The zero-order valence-electron chi connectivity index (χ0n) is 26.9. The van der Waals surface area contributed by atoms with E-state index in [0.29, 0.717) is 5.76 Å². The minimum Gasteiger partial charge on any atom is -0.512 e. The molecule has 0 spiro atoms. The molecule has 1 radical (unpaired) electrons. The zero-order valence-corrected chi connectivity index (χ0v) is 29.3. The molecule has 0 unspecified atom stereocenters. The Kier molecular flexibility index (Phi) is 13.1. The number of aliphatic hydroxyl groups excluding tert-OH is 1. The van der Waals surface area contributed by atoms with Gasteiger partial charge in [-0.2, -0.15) is 0 Å². The number of hydrogen-bond donors (Lipinski definition) is 1. The molecule has 1 N–H and O–H groups in total. The average molecular weight is 784 g/mol. The second-order valence-electron chi connectivity index (χ2n) is 14.0. The summed E-state index contributed by atoms with van der Waals surface area (Å²) in [6.45, 7) is 11.2. The van der Waals surface area contributed by atoms with Crippen LogP contribution in [0.1, 0.15) is 99.0 Å². The van der Waals surface area contributed by atoms with Crippen LogP contribution in [0.15, 0.2) is 72.8 Å². The van der Waals surface area contributed by atoms with E-state index in [4.69, 9.17) is 0 Å². The zero-order chi connectivity index (χ0) is 30.6.